The van der Waals surface area contributed by atoms with Crippen LogP contribution in [0.25, 0.3) is 11.4 Å². The molecule has 6 nitrogen and oxygen atoms in total. The third-order valence-electron chi connectivity index (χ3n) is 5.61. The van der Waals surface area contributed by atoms with Crippen LogP contribution >= 0.6 is 0 Å². The molecule has 6 heteroatoms. The molecule has 0 aliphatic carbocycles. The lowest BCUT2D eigenvalue weighted by atomic mass is 10.1. The first kappa shape index (κ1) is 20.1. The van der Waals surface area contributed by atoms with Crippen molar-refractivity contribution in [3.63, 3.8) is 0 Å². The van der Waals surface area contributed by atoms with Crippen molar-refractivity contribution in [3.8, 4) is 17.1 Å². The first-order chi connectivity index (χ1) is 14.7. The molecule has 1 amide bonds. The zero-order valence-electron chi connectivity index (χ0n) is 17.5. The minimum atomic E-state index is -0.184. The third-order valence-corrected chi connectivity index (χ3v) is 5.61. The molecule has 1 aromatic heterocycles. The van der Waals surface area contributed by atoms with Crippen LogP contribution in [0.4, 0.5) is 0 Å². The van der Waals surface area contributed by atoms with Crippen LogP contribution in [0.2, 0.25) is 0 Å². The molecule has 1 aliphatic heterocycles. The molecule has 0 radical (unpaired) electrons. The van der Waals surface area contributed by atoms with Crippen molar-refractivity contribution >= 4 is 5.91 Å². The first-order valence-corrected chi connectivity index (χ1v) is 10.6. The van der Waals surface area contributed by atoms with E-state index < -0.39 is 0 Å². The second kappa shape index (κ2) is 9.11. The standard InChI is InChI=1S/C24H27N3O3/c1-3-4-6-17-8-10-19(11-9-17)24(28)27-16-5-7-21(27)23-25-22(26-30-23)18-12-14-20(29-2)15-13-18/h8-15,21H,3-7,16H2,1-2H3. The van der Waals surface area contributed by atoms with Gasteiger partial charge in [-0.25, -0.2) is 0 Å². The number of methoxy groups -OCH3 is 1. The number of aryl methyl sites for hydroxylation is 1. The van der Waals surface area contributed by atoms with Gasteiger partial charge in [0.1, 0.15) is 11.8 Å². The molecule has 156 valence electrons. The van der Waals surface area contributed by atoms with E-state index in [9.17, 15) is 4.79 Å². The summed E-state index contributed by atoms with van der Waals surface area (Å²) in [7, 11) is 1.63. The highest BCUT2D eigenvalue weighted by Crippen LogP contribution is 2.33. The van der Waals surface area contributed by atoms with Gasteiger partial charge in [-0.05, 0) is 67.6 Å². The summed E-state index contributed by atoms with van der Waals surface area (Å²) in [6, 6.07) is 15.3. The van der Waals surface area contributed by atoms with E-state index in [4.69, 9.17) is 9.26 Å². The summed E-state index contributed by atoms with van der Waals surface area (Å²) in [5.74, 6) is 1.80. The molecule has 0 bridgehead atoms. The Kier molecular flexibility index (Phi) is 6.12. The summed E-state index contributed by atoms with van der Waals surface area (Å²) in [4.78, 5) is 19.6. The average molecular weight is 405 g/mol. The van der Waals surface area contributed by atoms with Gasteiger partial charge in [0.05, 0.1) is 7.11 Å². The number of aromatic nitrogens is 2. The van der Waals surface area contributed by atoms with Crippen LogP contribution in [0, 0.1) is 0 Å². The summed E-state index contributed by atoms with van der Waals surface area (Å²) in [6.45, 7) is 2.88. The van der Waals surface area contributed by atoms with E-state index in [0.717, 1.165) is 37.0 Å². The lowest BCUT2D eigenvalue weighted by molar-refractivity contribution is 0.0710. The van der Waals surface area contributed by atoms with E-state index in [2.05, 4.69) is 29.2 Å². The largest absolute Gasteiger partial charge is 0.497 e. The maximum absolute atomic E-state index is 13.1. The van der Waals surface area contributed by atoms with Crippen LogP contribution in [0.5, 0.6) is 5.75 Å². The van der Waals surface area contributed by atoms with E-state index in [1.807, 2.05) is 41.3 Å². The van der Waals surface area contributed by atoms with E-state index in [-0.39, 0.29) is 11.9 Å². The fourth-order valence-electron chi connectivity index (χ4n) is 3.86. The van der Waals surface area contributed by atoms with Crippen LogP contribution in [-0.2, 0) is 6.42 Å². The number of benzene rings is 2. The molecular formula is C24H27N3O3. The molecule has 3 aromatic rings. The van der Waals surface area contributed by atoms with E-state index in [0.29, 0.717) is 23.8 Å². The number of likely N-dealkylation sites (tertiary alicyclic amines) is 1. The van der Waals surface area contributed by atoms with Gasteiger partial charge in [0.15, 0.2) is 0 Å². The van der Waals surface area contributed by atoms with E-state index >= 15 is 0 Å². The van der Waals surface area contributed by atoms with Crippen molar-refractivity contribution in [3.05, 3.63) is 65.5 Å². The number of unbranched alkanes of at least 4 members (excludes halogenated alkanes) is 1. The van der Waals surface area contributed by atoms with Crippen molar-refractivity contribution in [2.75, 3.05) is 13.7 Å². The zero-order valence-corrected chi connectivity index (χ0v) is 17.5. The minimum absolute atomic E-state index is 0.0174. The molecule has 1 aliphatic rings. The van der Waals surface area contributed by atoms with Crippen molar-refractivity contribution in [2.45, 2.75) is 45.1 Å². The molecule has 2 aromatic carbocycles. The van der Waals surface area contributed by atoms with Crippen molar-refractivity contribution < 1.29 is 14.1 Å². The van der Waals surface area contributed by atoms with Gasteiger partial charge in [-0.3, -0.25) is 4.79 Å². The van der Waals surface area contributed by atoms with Gasteiger partial charge >= 0.3 is 0 Å². The monoisotopic (exact) mass is 405 g/mol. The van der Waals surface area contributed by atoms with Gasteiger partial charge in [0, 0.05) is 17.7 Å². The Morgan fingerprint density at radius 3 is 2.63 bits per heavy atom. The number of nitrogens with zero attached hydrogens (tertiary/aromatic N) is 3. The highest BCUT2D eigenvalue weighted by molar-refractivity contribution is 5.94. The highest BCUT2D eigenvalue weighted by atomic mass is 16.5. The topological polar surface area (TPSA) is 68.5 Å². The van der Waals surface area contributed by atoms with E-state index in [1.165, 1.54) is 12.0 Å². The highest BCUT2D eigenvalue weighted by Gasteiger charge is 2.34. The number of carbonyl (C=O) groups excluding carboxylic acids is 1. The second-order valence-corrected chi connectivity index (χ2v) is 7.64. The fourth-order valence-corrected chi connectivity index (χ4v) is 3.86. The van der Waals surface area contributed by atoms with Gasteiger partial charge in [-0.15, -0.1) is 0 Å². The van der Waals surface area contributed by atoms with Crippen LogP contribution < -0.4 is 4.74 Å². The van der Waals surface area contributed by atoms with Gasteiger partial charge in [0.2, 0.25) is 11.7 Å². The molecule has 30 heavy (non-hydrogen) atoms. The molecule has 0 N–H and O–H groups in total. The van der Waals surface area contributed by atoms with Gasteiger partial charge in [-0.2, -0.15) is 4.98 Å². The number of hydrogen-bond donors (Lipinski definition) is 0. The summed E-state index contributed by atoms with van der Waals surface area (Å²) in [6.07, 6.45) is 5.12. The van der Waals surface area contributed by atoms with Crippen molar-refractivity contribution in [1.29, 1.82) is 0 Å². The number of rotatable bonds is 7. The Balaban J connectivity index is 1.49. The van der Waals surface area contributed by atoms with Crippen LogP contribution in [-0.4, -0.2) is 34.6 Å². The van der Waals surface area contributed by atoms with Gasteiger partial charge in [0.25, 0.3) is 5.91 Å². The Hall–Kier alpha value is -3.15. The second-order valence-electron chi connectivity index (χ2n) is 7.64. The Morgan fingerprint density at radius 2 is 1.93 bits per heavy atom. The Morgan fingerprint density at radius 1 is 1.17 bits per heavy atom. The number of ether oxygens (including phenoxy) is 1. The Labute approximate surface area is 176 Å². The lowest BCUT2D eigenvalue weighted by Gasteiger charge is -2.22. The molecule has 1 fully saturated rings. The fraction of sp³-hybridized carbons (Fsp3) is 0.375. The molecule has 1 atom stereocenters. The lowest BCUT2D eigenvalue weighted by Crippen LogP contribution is -2.30. The van der Waals surface area contributed by atoms with Crippen LogP contribution in [0.3, 0.4) is 0 Å². The molecule has 0 spiro atoms. The molecule has 1 unspecified atom stereocenters. The van der Waals surface area contributed by atoms with E-state index in [1.54, 1.807) is 7.11 Å². The van der Waals surface area contributed by atoms with Crippen molar-refractivity contribution in [1.82, 2.24) is 15.0 Å². The SMILES string of the molecule is CCCCc1ccc(C(=O)N2CCCC2c2nc(-c3ccc(OC)cc3)no2)cc1. The number of hydrogen-bond acceptors (Lipinski definition) is 5. The predicted octanol–water partition coefficient (Wildman–Crippen LogP) is 5.07. The molecule has 0 saturated carbocycles. The smallest absolute Gasteiger partial charge is 0.254 e. The quantitative estimate of drug-likeness (QED) is 0.549. The normalized spacial score (nSPS) is 16.1. The minimum Gasteiger partial charge on any atom is -0.497 e. The van der Waals surface area contributed by atoms with Gasteiger partial charge < -0.3 is 14.2 Å². The summed E-state index contributed by atoms with van der Waals surface area (Å²) in [5, 5.41) is 4.13. The zero-order chi connectivity index (χ0) is 20.9. The average Bonchev–Trinajstić information content (AvgIpc) is 3.47. The summed E-state index contributed by atoms with van der Waals surface area (Å²) in [5.41, 5.74) is 2.83. The first-order valence-electron chi connectivity index (χ1n) is 10.6. The maximum atomic E-state index is 13.1. The van der Waals surface area contributed by atoms with Gasteiger partial charge in [-0.1, -0.05) is 30.6 Å². The molecule has 2 heterocycles. The molecule has 1 saturated heterocycles. The summed E-state index contributed by atoms with van der Waals surface area (Å²) < 4.78 is 10.7. The molecule has 4 rings (SSSR count). The summed E-state index contributed by atoms with van der Waals surface area (Å²) >= 11 is 0. The maximum Gasteiger partial charge on any atom is 0.254 e. The van der Waals surface area contributed by atoms with Crippen LogP contribution in [0.1, 0.15) is 60.5 Å². The van der Waals surface area contributed by atoms with Crippen molar-refractivity contribution in [2.24, 2.45) is 0 Å². The number of amides is 1. The predicted molar refractivity (Wildman–Crippen MR) is 114 cm³/mol. The third kappa shape index (κ3) is 4.22. The number of carbonyl (C=O) groups is 1. The van der Waals surface area contributed by atoms with Crippen LogP contribution in [0.15, 0.2) is 53.1 Å². The molecular weight excluding hydrogens is 378 g/mol. The Bertz CT molecular complexity index is 980.